The number of nitrogens with zero attached hydrogens (tertiary/aromatic N) is 3. The second kappa shape index (κ2) is 5.77. The van der Waals surface area contributed by atoms with E-state index in [0.717, 1.165) is 5.01 Å². The van der Waals surface area contributed by atoms with E-state index in [9.17, 15) is 4.79 Å². The van der Waals surface area contributed by atoms with Crippen molar-refractivity contribution in [3.05, 3.63) is 34.3 Å². The molecule has 6 nitrogen and oxygen atoms in total. The van der Waals surface area contributed by atoms with Crippen molar-refractivity contribution >= 4 is 22.9 Å². The van der Waals surface area contributed by atoms with Crippen molar-refractivity contribution in [3.8, 4) is 0 Å². The summed E-state index contributed by atoms with van der Waals surface area (Å²) in [5.74, 6) is 0.405. The number of anilines is 1. The number of nitrogens with two attached hydrogens (primary N) is 1. The number of aromatic nitrogens is 3. The Hall–Kier alpha value is -2.02. The predicted molar refractivity (Wildman–Crippen MR) is 83.1 cm³/mol. The molecule has 2 aromatic rings. The maximum Gasteiger partial charge on any atom is 0.272 e. The fraction of sp³-hybridized carbons (Fsp3) is 0.429. The molecular weight excluding hydrogens is 286 g/mol. The van der Waals surface area contributed by atoms with Gasteiger partial charge >= 0.3 is 0 Å². The largest absolute Gasteiger partial charge is 0.396 e. The van der Waals surface area contributed by atoms with Crippen molar-refractivity contribution in [2.45, 2.75) is 39.2 Å². The predicted octanol–water partition coefficient (Wildman–Crippen LogP) is 2.30. The van der Waals surface area contributed by atoms with Crippen LogP contribution in [0.2, 0.25) is 0 Å². The van der Waals surface area contributed by atoms with Gasteiger partial charge in [0, 0.05) is 17.5 Å². The van der Waals surface area contributed by atoms with Gasteiger partial charge in [-0.1, -0.05) is 13.8 Å². The Labute approximate surface area is 127 Å². The van der Waals surface area contributed by atoms with Gasteiger partial charge in [0.2, 0.25) is 0 Å². The third kappa shape index (κ3) is 3.36. The maximum absolute atomic E-state index is 12.4. The molecule has 0 aliphatic rings. The highest BCUT2D eigenvalue weighted by molar-refractivity contribution is 7.09. The molecule has 0 fully saturated rings. The first-order valence-electron chi connectivity index (χ1n) is 6.66. The molecule has 0 aliphatic heterocycles. The summed E-state index contributed by atoms with van der Waals surface area (Å²) in [7, 11) is 0. The van der Waals surface area contributed by atoms with Crippen LogP contribution in [-0.4, -0.2) is 20.9 Å². The lowest BCUT2D eigenvalue weighted by Crippen LogP contribution is -2.41. The van der Waals surface area contributed by atoms with Crippen LogP contribution >= 0.6 is 11.3 Å². The molecule has 0 aromatic carbocycles. The molecule has 2 aromatic heterocycles. The molecule has 0 unspecified atom stereocenters. The van der Waals surface area contributed by atoms with E-state index in [1.807, 2.05) is 33.1 Å². The van der Waals surface area contributed by atoms with E-state index in [2.05, 4.69) is 20.3 Å². The van der Waals surface area contributed by atoms with Crippen molar-refractivity contribution in [1.29, 1.82) is 0 Å². The number of nitrogen functional groups attached to an aromatic ring is 1. The third-order valence-corrected chi connectivity index (χ3v) is 4.06. The Morgan fingerprint density at radius 1 is 1.38 bits per heavy atom. The van der Waals surface area contributed by atoms with Crippen LogP contribution in [0.25, 0.3) is 0 Å². The van der Waals surface area contributed by atoms with Gasteiger partial charge in [-0.3, -0.25) is 4.79 Å². The lowest BCUT2D eigenvalue weighted by atomic mass is 10.1. The Kier molecular flexibility index (Phi) is 4.22. The van der Waals surface area contributed by atoms with E-state index < -0.39 is 5.54 Å². The summed E-state index contributed by atoms with van der Waals surface area (Å²) in [6.07, 6.45) is 3.19. The third-order valence-electron chi connectivity index (χ3n) is 2.96. The van der Waals surface area contributed by atoms with Crippen LogP contribution in [0.4, 0.5) is 5.69 Å². The van der Waals surface area contributed by atoms with Gasteiger partial charge in [0.1, 0.15) is 10.8 Å². The molecule has 1 amide bonds. The van der Waals surface area contributed by atoms with E-state index in [1.54, 1.807) is 6.20 Å². The fourth-order valence-electron chi connectivity index (χ4n) is 1.79. The standard InChI is InChI=1S/C14H19N5OS/c1-8(2)11-17-7-9(15)10(18-11)12(20)19-14(3,4)13-16-5-6-21-13/h5-8H,15H2,1-4H3,(H,19,20). The Morgan fingerprint density at radius 3 is 2.67 bits per heavy atom. The van der Waals surface area contributed by atoms with Gasteiger partial charge in [-0.15, -0.1) is 11.3 Å². The first-order chi connectivity index (χ1) is 9.81. The molecule has 2 rings (SSSR count). The number of carbonyl (C=O) groups is 1. The molecule has 0 bridgehead atoms. The number of thiazole rings is 1. The van der Waals surface area contributed by atoms with E-state index in [1.165, 1.54) is 17.5 Å². The van der Waals surface area contributed by atoms with Crippen LogP contribution < -0.4 is 11.1 Å². The van der Waals surface area contributed by atoms with E-state index in [0.29, 0.717) is 5.82 Å². The topological polar surface area (TPSA) is 93.8 Å². The Bertz CT molecular complexity index is 637. The number of rotatable bonds is 4. The van der Waals surface area contributed by atoms with Crippen LogP contribution in [0.3, 0.4) is 0 Å². The van der Waals surface area contributed by atoms with Crippen molar-refractivity contribution in [2.75, 3.05) is 5.73 Å². The number of carbonyl (C=O) groups excluding carboxylic acids is 1. The van der Waals surface area contributed by atoms with Crippen molar-refractivity contribution in [2.24, 2.45) is 0 Å². The molecule has 0 radical (unpaired) electrons. The summed E-state index contributed by atoms with van der Waals surface area (Å²) in [6, 6.07) is 0. The zero-order chi connectivity index (χ0) is 15.6. The van der Waals surface area contributed by atoms with E-state index in [4.69, 9.17) is 5.73 Å². The van der Waals surface area contributed by atoms with Gasteiger partial charge in [-0.05, 0) is 13.8 Å². The molecule has 2 heterocycles. The average molecular weight is 305 g/mol. The molecule has 0 atom stereocenters. The second-order valence-electron chi connectivity index (χ2n) is 5.60. The van der Waals surface area contributed by atoms with Crippen molar-refractivity contribution in [3.63, 3.8) is 0 Å². The van der Waals surface area contributed by atoms with Crippen molar-refractivity contribution in [1.82, 2.24) is 20.3 Å². The smallest absolute Gasteiger partial charge is 0.272 e. The zero-order valence-electron chi connectivity index (χ0n) is 12.5. The van der Waals surface area contributed by atoms with Crippen LogP contribution in [0.5, 0.6) is 0 Å². The van der Waals surface area contributed by atoms with Crippen LogP contribution in [-0.2, 0) is 5.54 Å². The van der Waals surface area contributed by atoms with Gasteiger partial charge in [-0.25, -0.2) is 15.0 Å². The van der Waals surface area contributed by atoms with Gasteiger partial charge in [0.15, 0.2) is 5.69 Å². The number of amides is 1. The first-order valence-corrected chi connectivity index (χ1v) is 7.54. The lowest BCUT2D eigenvalue weighted by molar-refractivity contribution is 0.0907. The minimum absolute atomic E-state index is 0.129. The molecule has 7 heteroatoms. The quantitative estimate of drug-likeness (QED) is 0.904. The van der Waals surface area contributed by atoms with Gasteiger partial charge in [0.05, 0.1) is 17.4 Å². The zero-order valence-corrected chi connectivity index (χ0v) is 13.4. The van der Waals surface area contributed by atoms with Crippen molar-refractivity contribution < 1.29 is 4.79 Å². The summed E-state index contributed by atoms with van der Waals surface area (Å²) >= 11 is 1.49. The summed E-state index contributed by atoms with van der Waals surface area (Å²) in [5, 5.41) is 5.62. The number of hydrogen-bond acceptors (Lipinski definition) is 6. The lowest BCUT2D eigenvalue weighted by Gasteiger charge is -2.24. The van der Waals surface area contributed by atoms with Gasteiger partial charge in [0.25, 0.3) is 5.91 Å². The van der Waals surface area contributed by atoms with Gasteiger partial charge < -0.3 is 11.1 Å². The number of nitrogens with one attached hydrogen (secondary N) is 1. The molecular formula is C14H19N5OS. The summed E-state index contributed by atoms with van der Waals surface area (Å²) in [5.41, 5.74) is 5.72. The average Bonchev–Trinajstić information content (AvgIpc) is 2.92. The highest BCUT2D eigenvalue weighted by Crippen LogP contribution is 2.23. The molecule has 3 N–H and O–H groups in total. The normalized spacial score (nSPS) is 11.7. The molecule has 112 valence electrons. The SMILES string of the molecule is CC(C)c1ncc(N)c(C(=O)NC(C)(C)c2nccs2)n1. The minimum Gasteiger partial charge on any atom is -0.396 e. The van der Waals surface area contributed by atoms with Gasteiger partial charge in [-0.2, -0.15) is 0 Å². The summed E-state index contributed by atoms with van der Waals surface area (Å²) in [6.45, 7) is 7.72. The number of hydrogen-bond donors (Lipinski definition) is 2. The second-order valence-corrected chi connectivity index (χ2v) is 6.50. The molecule has 0 saturated carbocycles. The maximum atomic E-state index is 12.4. The molecule has 21 heavy (non-hydrogen) atoms. The highest BCUT2D eigenvalue weighted by atomic mass is 32.1. The minimum atomic E-state index is -0.583. The van der Waals surface area contributed by atoms with Crippen LogP contribution in [0, 0.1) is 0 Å². The fourth-order valence-corrected chi connectivity index (χ4v) is 2.51. The van der Waals surface area contributed by atoms with E-state index >= 15 is 0 Å². The van der Waals surface area contributed by atoms with Crippen LogP contribution in [0.1, 0.15) is 54.9 Å². The summed E-state index contributed by atoms with van der Waals surface area (Å²) in [4.78, 5) is 25.1. The molecule has 0 spiro atoms. The Morgan fingerprint density at radius 2 is 2.10 bits per heavy atom. The summed E-state index contributed by atoms with van der Waals surface area (Å²) < 4.78 is 0. The van der Waals surface area contributed by atoms with Crippen LogP contribution in [0.15, 0.2) is 17.8 Å². The monoisotopic (exact) mass is 305 g/mol. The van der Waals surface area contributed by atoms with E-state index in [-0.39, 0.29) is 23.2 Å². The molecule has 0 aliphatic carbocycles. The Balaban J connectivity index is 2.26. The molecule has 0 saturated heterocycles. The highest BCUT2D eigenvalue weighted by Gasteiger charge is 2.27. The first kappa shape index (κ1) is 15.4.